The molecule has 0 aliphatic carbocycles. The molecule has 0 aromatic rings. The lowest BCUT2D eigenvalue weighted by atomic mass is 9.79. The summed E-state index contributed by atoms with van der Waals surface area (Å²) in [6, 6.07) is 0. The molecule has 3 N–H and O–H groups in total. The zero-order valence-corrected chi connectivity index (χ0v) is 10.2. The van der Waals surface area contributed by atoms with E-state index in [0.29, 0.717) is 6.61 Å². The Balaban J connectivity index is 1.67. The SMILES string of the molecule is NOCCN1CCC(C2CCNCC2)CC1. The first kappa shape index (κ1) is 12.3. The number of nitrogens with two attached hydrogens (primary N) is 1. The van der Waals surface area contributed by atoms with Crippen LogP contribution in [0.2, 0.25) is 0 Å². The van der Waals surface area contributed by atoms with Gasteiger partial charge < -0.3 is 15.1 Å². The van der Waals surface area contributed by atoms with Crippen molar-refractivity contribution in [3.8, 4) is 0 Å². The molecule has 16 heavy (non-hydrogen) atoms. The fraction of sp³-hybridized carbons (Fsp3) is 1.00. The van der Waals surface area contributed by atoms with Gasteiger partial charge in [-0.05, 0) is 63.7 Å². The summed E-state index contributed by atoms with van der Waals surface area (Å²) in [5.74, 6) is 7.01. The summed E-state index contributed by atoms with van der Waals surface area (Å²) in [5.41, 5.74) is 0. The predicted octanol–water partition coefficient (Wildman–Crippen LogP) is 0.588. The number of hydrogen-bond acceptors (Lipinski definition) is 4. The highest BCUT2D eigenvalue weighted by molar-refractivity contribution is 4.80. The molecule has 0 aromatic heterocycles. The minimum atomic E-state index is 0.665. The van der Waals surface area contributed by atoms with Crippen molar-refractivity contribution in [2.45, 2.75) is 25.7 Å². The van der Waals surface area contributed by atoms with Gasteiger partial charge in [0.25, 0.3) is 0 Å². The first-order valence-electron chi connectivity index (χ1n) is 6.65. The van der Waals surface area contributed by atoms with E-state index < -0.39 is 0 Å². The van der Waals surface area contributed by atoms with E-state index in [1.807, 2.05) is 0 Å². The summed E-state index contributed by atoms with van der Waals surface area (Å²) in [4.78, 5) is 7.11. The Morgan fingerprint density at radius 3 is 2.31 bits per heavy atom. The van der Waals surface area contributed by atoms with E-state index in [9.17, 15) is 0 Å². The third-order valence-electron chi connectivity index (χ3n) is 4.21. The molecule has 2 aliphatic heterocycles. The molecular formula is C12H25N3O. The maximum absolute atomic E-state index is 5.06. The van der Waals surface area contributed by atoms with E-state index in [1.165, 1.54) is 51.9 Å². The second-order valence-corrected chi connectivity index (χ2v) is 5.14. The van der Waals surface area contributed by atoms with E-state index in [4.69, 9.17) is 5.90 Å². The molecule has 4 heteroatoms. The second kappa shape index (κ2) is 6.55. The first-order valence-corrected chi connectivity index (χ1v) is 6.65. The van der Waals surface area contributed by atoms with Crippen LogP contribution in [0.1, 0.15) is 25.7 Å². The standard InChI is InChI=1S/C12H25N3O/c13-16-10-9-15-7-3-12(4-8-15)11-1-5-14-6-2-11/h11-12,14H,1-10,13H2. The van der Waals surface area contributed by atoms with Crippen LogP contribution in [0.15, 0.2) is 0 Å². The Bertz CT molecular complexity index is 187. The molecule has 2 rings (SSSR count). The molecule has 2 aliphatic rings. The van der Waals surface area contributed by atoms with E-state index in [0.717, 1.165) is 18.4 Å². The fourth-order valence-corrected chi connectivity index (χ4v) is 3.15. The van der Waals surface area contributed by atoms with E-state index in [1.54, 1.807) is 0 Å². The highest BCUT2D eigenvalue weighted by Crippen LogP contribution is 2.30. The van der Waals surface area contributed by atoms with E-state index >= 15 is 0 Å². The van der Waals surface area contributed by atoms with Crippen LogP contribution in [0, 0.1) is 11.8 Å². The van der Waals surface area contributed by atoms with Crippen molar-refractivity contribution in [2.24, 2.45) is 17.7 Å². The molecule has 0 atom stereocenters. The summed E-state index contributed by atoms with van der Waals surface area (Å²) >= 11 is 0. The second-order valence-electron chi connectivity index (χ2n) is 5.14. The van der Waals surface area contributed by atoms with Gasteiger partial charge >= 0.3 is 0 Å². The van der Waals surface area contributed by atoms with Gasteiger partial charge in [-0.2, -0.15) is 0 Å². The van der Waals surface area contributed by atoms with Crippen LogP contribution >= 0.6 is 0 Å². The lowest BCUT2D eigenvalue weighted by Crippen LogP contribution is -2.40. The van der Waals surface area contributed by atoms with Gasteiger partial charge in [-0.15, -0.1) is 0 Å². The molecule has 2 heterocycles. The summed E-state index contributed by atoms with van der Waals surface area (Å²) in [6.07, 6.45) is 5.51. The van der Waals surface area contributed by atoms with Gasteiger partial charge in [0.15, 0.2) is 0 Å². The number of rotatable bonds is 4. The normalized spacial score (nSPS) is 26.1. The van der Waals surface area contributed by atoms with Crippen LogP contribution in [0.3, 0.4) is 0 Å². The molecule has 0 bridgehead atoms. The van der Waals surface area contributed by atoms with Crippen molar-refractivity contribution in [1.29, 1.82) is 0 Å². The van der Waals surface area contributed by atoms with Crippen LogP contribution in [-0.4, -0.2) is 44.2 Å². The summed E-state index contributed by atoms with van der Waals surface area (Å²) in [7, 11) is 0. The molecule has 94 valence electrons. The van der Waals surface area contributed by atoms with Crippen LogP contribution in [-0.2, 0) is 4.84 Å². The molecule has 2 saturated heterocycles. The van der Waals surface area contributed by atoms with Crippen LogP contribution in [0.4, 0.5) is 0 Å². The quantitative estimate of drug-likeness (QED) is 0.690. The lowest BCUT2D eigenvalue weighted by Gasteiger charge is -2.37. The van der Waals surface area contributed by atoms with Crippen LogP contribution in [0.5, 0.6) is 0 Å². The van der Waals surface area contributed by atoms with Gasteiger partial charge in [-0.3, -0.25) is 0 Å². The summed E-state index contributed by atoms with van der Waals surface area (Å²) in [5, 5.41) is 3.45. The molecule has 2 fully saturated rings. The molecule has 0 unspecified atom stereocenters. The maximum Gasteiger partial charge on any atom is 0.0806 e. The van der Waals surface area contributed by atoms with Gasteiger partial charge in [0.1, 0.15) is 0 Å². The lowest BCUT2D eigenvalue weighted by molar-refractivity contribution is 0.0770. The molecule has 4 nitrogen and oxygen atoms in total. The number of nitrogens with one attached hydrogen (secondary N) is 1. The molecule has 0 radical (unpaired) electrons. The third-order valence-corrected chi connectivity index (χ3v) is 4.21. The monoisotopic (exact) mass is 227 g/mol. The summed E-state index contributed by atoms with van der Waals surface area (Å²) < 4.78 is 0. The van der Waals surface area contributed by atoms with Crippen molar-refractivity contribution in [1.82, 2.24) is 10.2 Å². The topological polar surface area (TPSA) is 50.5 Å². The molecular weight excluding hydrogens is 202 g/mol. The van der Waals surface area contributed by atoms with E-state index in [2.05, 4.69) is 15.1 Å². The zero-order chi connectivity index (χ0) is 11.2. The number of piperidine rings is 2. The maximum atomic E-state index is 5.06. The van der Waals surface area contributed by atoms with Crippen molar-refractivity contribution in [3.63, 3.8) is 0 Å². The Labute approximate surface area is 98.5 Å². The van der Waals surface area contributed by atoms with Crippen LogP contribution in [0.25, 0.3) is 0 Å². The highest BCUT2D eigenvalue weighted by Gasteiger charge is 2.27. The van der Waals surface area contributed by atoms with Gasteiger partial charge in [0.05, 0.1) is 6.61 Å². The van der Waals surface area contributed by atoms with Gasteiger partial charge in [-0.1, -0.05) is 0 Å². The van der Waals surface area contributed by atoms with Gasteiger partial charge in [0, 0.05) is 6.54 Å². The Morgan fingerprint density at radius 1 is 1.06 bits per heavy atom. The number of hydrogen-bond donors (Lipinski definition) is 2. The zero-order valence-electron chi connectivity index (χ0n) is 10.2. The fourth-order valence-electron chi connectivity index (χ4n) is 3.15. The first-order chi connectivity index (χ1) is 7.90. The summed E-state index contributed by atoms with van der Waals surface area (Å²) in [6.45, 7) is 6.58. The minimum absolute atomic E-state index is 0.665. The Kier molecular flexibility index (Phi) is 5.03. The minimum Gasteiger partial charge on any atom is -0.317 e. The Morgan fingerprint density at radius 2 is 1.69 bits per heavy atom. The molecule has 0 amide bonds. The highest BCUT2D eigenvalue weighted by atomic mass is 16.6. The number of nitrogens with zero attached hydrogens (tertiary/aromatic N) is 1. The van der Waals surface area contributed by atoms with Crippen LogP contribution < -0.4 is 11.2 Å². The molecule has 0 aromatic carbocycles. The van der Waals surface area contributed by atoms with Gasteiger partial charge in [-0.25, -0.2) is 5.90 Å². The average Bonchev–Trinajstić information content (AvgIpc) is 2.38. The average molecular weight is 227 g/mol. The Hall–Kier alpha value is -0.160. The van der Waals surface area contributed by atoms with Crippen molar-refractivity contribution >= 4 is 0 Å². The molecule has 0 spiro atoms. The van der Waals surface area contributed by atoms with Crippen molar-refractivity contribution in [3.05, 3.63) is 0 Å². The van der Waals surface area contributed by atoms with Crippen molar-refractivity contribution in [2.75, 3.05) is 39.3 Å². The smallest absolute Gasteiger partial charge is 0.0806 e. The largest absolute Gasteiger partial charge is 0.317 e. The third kappa shape index (κ3) is 3.42. The number of likely N-dealkylation sites (tertiary alicyclic amines) is 1. The van der Waals surface area contributed by atoms with E-state index in [-0.39, 0.29) is 0 Å². The predicted molar refractivity (Wildman–Crippen MR) is 64.9 cm³/mol. The van der Waals surface area contributed by atoms with Crippen molar-refractivity contribution < 1.29 is 4.84 Å². The van der Waals surface area contributed by atoms with Gasteiger partial charge in [0.2, 0.25) is 0 Å². The molecule has 0 saturated carbocycles.